The maximum absolute atomic E-state index is 3.88. The van der Waals surface area contributed by atoms with E-state index in [-0.39, 0.29) is 0 Å². The summed E-state index contributed by atoms with van der Waals surface area (Å²) < 4.78 is 0. The number of benzene rings is 2. The predicted octanol–water partition coefficient (Wildman–Crippen LogP) is 6.14. The zero-order valence-corrected chi connectivity index (χ0v) is 12.4. The molecule has 2 aromatic rings. The monoisotopic (exact) mass is 272 g/mol. The van der Waals surface area contributed by atoms with Gasteiger partial charge in [-0.05, 0) is 34.8 Å². The lowest BCUT2D eigenvalue weighted by Gasteiger charge is -2.08. The molecule has 0 heterocycles. The third-order valence-electron chi connectivity index (χ3n) is 3.35. The molecule has 0 fully saturated rings. The number of rotatable bonds is 5. The Kier molecular flexibility index (Phi) is 5.11. The minimum atomic E-state index is 1.15. The second-order valence-corrected chi connectivity index (χ2v) is 4.73. The smallest absolute Gasteiger partial charge is 0.0112 e. The highest BCUT2D eigenvalue weighted by Gasteiger charge is 2.03. The second-order valence-electron chi connectivity index (χ2n) is 4.73. The fourth-order valence-corrected chi connectivity index (χ4v) is 2.33. The lowest BCUT2D eigenvalue weighted by atomic mass is 9.96. The van der Waals surface area contributed by atoms with E-state index in [9.17, 15) is 0 Å². The van der Waals surface area contributed by atoms with E-state index in [1.165, 1.54) is 16.7 Å². The molecular weight excluding hydrogens is 252 g/mol. The summed E-state index contributed by atoms with van der Waals surface area (Å²) in [6, 6.07) is 16.9. The van der Waals surface area contributed by atoms with Crippen LogP contribution < -0.4 is 0 Å². The van der Waals surface area contributed by atoms with Crippen LogP contribution in [0.2, 0.25) is 0 Å². The van der Waals surface area contributed by atoms with Crippen LogP contribution in [0.3, 0.4) is 0 Å². The van der Waals surface area contributed by atoms with Gasteiger partial charge in [-0.1, -0.05) is 92.1 Å². The van der Waals surface area contributed by atoms with Crippen LogP contribution in [-0.2, 0) is 0 Å². The molecule has 0 nitrogen and oxygen atoms in total. The average molecular weight is 272 g/mol. The van der Waals surface area contributed by atoms with Crippen LogP contribution >= 0.6 is 0 Å². The molecule has 0 aliphatic carbocycles. The van der Waals surface area contributed by atoms with Crippen molar-refractivity contribution in [1.29, 1.82) is 0 Å². The van der Waals surface area contributed by atoms with Gasteiger partial charge >= 0.3 is 0 Å². The van der Waals surface area contributed by atoms with Gasteiger partial charge in [0.25, 0.3) is 0 Å². The molecule has 0 amide bonds. The third kappa shape index (κ3) is 3.49. The molecule has 0 atom stereocenters. The Bertz CT molecular complexity index is 682. The largest absolute Gasteiger partial charge is 0.0990 e. The molecule has 0 aliphatic rings. The predicted molar refractivity (Wildman–Crippen MR) is 95.0 cm³/mol. The second kappa shape index (κ2) is 7.25. The van der Waals surface area contributed by atoms with Gasteiger partial charge in [0.05, 0.1) is 0 Å². The molecule has 2 rings (SSSR count). The Labute approximate surface area is 127 Å². The molecule has 104 valence electrons. The van der Waals surface area contributed by atoms with Gasteiger partial charge in [0.15, 0.2) is 0 Å². The standard InChI is InChI=1S/C21H20/c1-4-9-18(10-5-2)19-13-15-20(16-14-19)21-12-8-7-11-17(21)6-3/h4-16H,1,3H2,2H3/b10-5-,18-9+. The average Bonchev–Trinajstić information content (AvgIpc) is 2.55. The van der Waals surface area contributed by atoms with E-state index in [0.717, 1.165) is 11.1 Å². The molecule has 0 saturated heterocycles. The molecule has 0 spiro atoms. The van der Waals surface area contributed by atoms with Crippen LogP contribution in [0.15, 0.2) is 86.0 Å². The van der Waals surface area contributed by atoms with E-state index in [1.54, 1.807) is 0 Å². The molecule has 0 heteroatoms. The summed E-state index contributed by atoms with van der Waals surface area (Å²) in [5, 5.41) is 0. The van der Waals surface area contributed by atoms with Gasteiger partial charge in [-0.25, -0.2) is 0 Å². The summed E-state index contributed by atoms with van der Waals surface area (Å²) in [6.07, 6.45) is 9.86. The highest BCUT2D eigenvalue weighted by atomic mass is 14.1. The van der Waals surface area contributed by atoms with Gasteiger partial charge in [0.2, 0.25) is 0 Å². The van der Waals surface area contributed by atoms with Crippen LogP contribution in [0.5, 0.6) is 0 Å². The Balaban J connectivity index is 2.41. The van der Waals surface area contributed by atoms with E-state index in [0.29, 0.717) is 0 Å². The topological polar surface area (TPSA) is 0 Å². The summed E-state index contributed by atoms with van der Waals surface area (Å²) in [5.41, 5.74) is 5.91. The molecule has 0 radical (unpaired) electrons. The van der Waals surface area contributed by atoms with Crippen molar-refractivity contribution in [3.8, 4) is 11.1 Å². The van der Waals surface area contributed by atoms with Crippen molar-refractivity contribution < 1.29 is 0 Å². The van der Waals surface area contributed by atoms with E-state index >= 15 is 0 Å². The fraction of sp³-hybridized carbons (Fsp3) is 0.0476. The van der Waals surface area contributed by atoms with E-state index in [1.807, 2.05) is 37.3 Å². The molecule has 21 heavy (non-hydrogen) atoms. The van der Waals surface area contributed by atoms with Crippen molar-refractivity contribution in [3.63, 3.8) is 0 Å². The van der Waals surface area contributed by atoms with Crippen LogP contribution in [-0.4, -0.2) is 0 Å². The van der Waals surface area contributed by atoms with Crippen LogP contribution in [0.1, 0.15) is 18.1 Å². The maximum Gasteiger partial charge on any atom is -0.0112 e. The van der Waals surface area contributed by atoms with E-state index in [4.69, 9.17) is 0 Å². The van der Waals surface area contributed by atoms with Crippen molar-refractivity contribution in [1.82, 2.24) is 0 Å². The Morgan fingerprint density at radius 1 is 0.952 bits per heavy atom. The Hall–Kier alpha value is -2.60. The van der Waals surface area contributed by atoms with Crippen molar-refractivity contribution in [3.05, 3.63) is 97.1 Å². The quantitative estimate of drug-likeness (QED) is 0.573. The lowest BCUT2D eigenvalue weighted by molar-refractivity contribution is 1.56. The first-order valence-electron chi connectivity index (χ1n) is 7.08. The van der Waals surface area contributed by atoms with Gasteiger partial charge in [-0.15, -0.1) is 0 Å². The highest BCUT2D eigenvalue weighted by Crippen LogP contribution is 2.26. The molecule has 0 aromatic heterocycles. The first kappa shape index (κ1) is 14.8. The van der Waals surface area contributed by atoms with Crippen LogP contribution in [0, 0.1) is 0 Å². The minimum Gasteiger partial charge on any atom is -0.0990 e. The summed E-state index contributed by atoms with van der Waals surface area (Å²) >= 11 is 0. The molecule has 0 bridgehead atoms. The van der Waals surface area contributed by atoms with Gasteiger partial charge in [-0.2, -0.15) is 0 Å². The van der Waals surface area contributed by atoms with Crippen LogP contribution in [0.25, 0.3) is 22.8 Å². The molecule has 2 aromatic carbocycles. The third-order valence-corrected chi connectivity index (χ3v) is 3.35. The zero-order valence-electron chi connectivity index (χ0n) is 12.4. The SMILES string of the molecule is C=C/C=C(\C=C/C)c1ccc(-c2ccccc2C=C)cc1. The minimum absolute atomic E-state index is 1.15. The summed E-state index contributed by atoms with van der Waals surface area (Å²) in [4.78, 5) is 0. The van der Waals surface area contributed by atoms with Gasteiger partial charge in [0, 0.05) is 0 Å². The molecule has 0 saturated carbocycles. The molecule has 0 unspecified atom stereocenters. The first-order chi connectivity index (χ1) is 10.3. The summed E-state index contributed by atoms with van der Waals surface area (Å²) in [7, 11) is 0. The van der Waals surface area contributed by atoms with E-state index in [2.05, 4.69) is 61.7 Å². The number of hydrogen-bond acceptors (Lipinski definition) is 0. The van der Waals surface area contributed by atoms with Crippen molar-refractivity contribution >= 4 is 11.6 Å². The van der Waals surface area contributed by atoms with Crippen LogP contribution in [0.4, 0.5) is 0 Å². The number of allylic oxidation sites excluding steroid dienone is 5. The maximum atomic E-state index is 3.88. The lowest BCUT2D eigenvalue weighted by Crippen LogP contribution is -1.85. The summed E-state index contributed by atoms with van der Waals surface area (Å²) in [5.74, 6) is 0. The number of hydrogen-bond donors (Lipinski definition) is 0. The normalized spacial score (nSPS) is 11.6. The van der Waals surface area contributed by atoms with Crippen molar-refractivity contribution in [2.45, 2.75) is 6.92 Å². The molecular formula is C21H20. The summed E-state index contributed by atoms with van der Waals surface area (Å²) in [6.45, 7) is 9.68. The highest BCUT2D eigenvalue weighted by molar-refractivity contribution is 5.79. The zero-order chi connectivity index (χ0) is 15.1. The van der Waals surface area contributed by atoms with Gasteiger partial charge < -0.3 is 0 Å². The Morgan fingerprint density at radius 2 is 1.67 bits per heavy atom. The van der Waals surface area contributed by atoms with E-state index < -0.39 is 0 Å². The Morgan fingerprint density at radius 3 is 2.29 bits per heavy atom. The molecule has 0 N–H and O–H groups in total. The van der Waals surface area contributed by atoms with Gasteiger partial charge in [0.1, 0.15) is 0 Å². The fourth-order valence-electron chi connectivity index (χ4n) is 2.33. The van der Waals surface area contributed by atoms with Crippen molar-refractivity contribution in [2.24, 2.45) is 0 Å². The van der Waals surface area contributed by atoms with Gasteiger partial charge in [-0.3, -0.25) is 0 Å². The molecule has 0 aliphatic heterocycles. The van der Waals surface area contributed by atoms with Crippen molar-refractivity contribution in [2.75, 3.05) is 0 Å². The first-order valence-corrected chi connectivity index (χ1v) is 7.08.